The minimum Gasteiger partial charge on any atom is -0.352 e. The fourth-order valence-electron chi connectivity index (χ4n) is 3.17. The van der Waals surface area contributed by atoms with Crippen molar-refractivity contribution in [1.82, 2.24) is 14.9 Å². The Kier molecular flexibility index (Phi) is 3.63. The van der Waals surface area contributed by atoms with Crippen molar-refractivity contribution >= 4 is 17.4 Å². The van der Waals surface area contributed by atoms with Gasteiger partial charge in [0.2, 0.25) is 0 Å². The molecule has 0 aromatic carbocycles. The largest absolute Gasteiger partial charge is 0.352 e. The third-order valence-corrected chi connectivity index (χ3v) is 4.60. The number of hydrogen-bond acceptors (Lipinski definition) is 4. The highest BCUT2D eigenvalue weighted by Crippen LogP contribution is 2.30. The van der Waals surface area contributed by atoms with E-state index in [-0.39, 0.29) is 0 Å². The van der Waals surface area contributed by atoms with Gasteiger partial charge in [0, 0.05) is 25.2 Å². The second kappa shape index (κ2) is 5.25. The molecule has 0 amide bonds. The maximum atomic E-state index is 6.19. The monoisotopic (exact) mass is 280 g/mol. The van der Waals surface area contributed by atoms with Gasteiger partial charge in [-0.2, -0.15) is 0 Å². The van der Waals surface area contributed by atoms with E-state index in [9.17, 15) is 0 Å². The maximum Gasteiger partial charge on any atom is 0.151 e. The molecule has 2 aliphatic heterocycles. The molecule has 0 saturated carbocycles. The Morgan fingerprint density at radius 1 is 1.32 bits per heavy atom. The van der Waals surface area contributed by atoms with Crippen molar-refractivity contribution in [2.45, 2.75) is 45.2 Å². The minimum atomic E-state index is 0.663. The smallest absolute Gasteiger partial charge is 0.151 e. The Hall–Kier alpha value is -0.870. The number of anilines is 1. The van der Waals surface area contributed by atoms with Crippen molar-refractivity contribution in [3.63, 3.8) is 0 Å². The molecule has 2 aliphatic rings. The lowest BCUT2D eigenvalue weighted by atomic mass is 9.97. The molecule has 1 aromatic rings. The van der Waals surface area contributed by atoms with E-state index in [1.807, 2.05) is 6.92 Å². The number of piperidine rings is 1. The average Bonchev–Trinajstić information content (AvgIpc) is 2.34. The summed E-state index contributed by atoms with van der Waals surface area (Å²) in [4.78, 5) is 13.5. The number of hydrogen-bond donors (Lipinski definition) is 0. The summed E-state index contributed by atoms with van der Waals surface area (Å²) in [5.74, 6) is 1.68. The Morgan fingerprint density at radius 2 is 2.11 bits per heavy atom. The Morgan fingerprint density at radius 3 is 2.84 bits per heavy atom. The summed E-state index contributed by atoms with van der Waals surface area (Å²) in [6.07, 6.45) is 5.76. The van der Waals surface area contributed by atoms with Crippen molar-refractivity contribution in [2.75, 3.05) is 24.5 Å². The van der Waals surface area contributed by atoms with Crippen molar-refractivity contribution in [3.8, 4) is 0 Å². The highest BCUT2D eigenvalue weighted by molar-refractivity contribution is 6.32. The summed E-state index contributed by atoms with van der Waals surface area (Å²) < 4.78 is 0. The summed E-state index contributed by atoms with van der Waals surface area (Å²) >= 11 is 6.19. The predicted molar refractivity (Wildman–Crippen MR) is 77.8 cm³/mol. The molecule has 2 saturated heterocycles. The van der Waals surface area contributed by atoms with Gasteiger partial charge in [-0.05, 0) is 33.2 Å². The molecule has 1 aromatic heterocycles. The molecule has 3 heterocycles. The molecular formula is C14H21ClN4. The third-order valence-electron chi connectivity index (χ3n) is 4.33. The van der Waals surface area contributed by atoms with Crippen LogP contribution in [0.5, 0.6) is 0 Å². The van der Waals surface area contributed by atoms with Crippen molar-refractivity contribution in [3.05, 3.63) is 17.0 Å². The molecule has 4 nitrogen and oxygen atoms in total. The molecule has 1 atom stereocenters. The number of aromatic nitrogens is 2. The van der Waals surface area contributed by atoms with Gasteiger partial charge < -0.3 is 4.90 Å². The topological polar surface area (TPSA) is 32.3 Å². The summed E-state index contributed by atoms with van der Waals surface area (Å²) in [7, 11) is 0. The first-order valence-corrected chi connectivity index (χ1v) is 7.53. The predicted octanol–water partition coefficient (Wildman–Crippen LogP) is 2.50. The quantitative estimate of drug-likeness (QED) is 0.833. The van der Waals surface area contributed by atoms with Gasteiger partial charge in [0.1, 0.15) is 10.8 Å². The van der Waals surface area contributed by atoms with E-state index < -0.39 is 0 Å². The maximum absolute atomic E-state index is 6.19. The van der Waals surface area contributed by atoms with E-state index in [4.69, 9.17) is 11.6 Å². The number of nitrogens with zero attached hydrogens (tertiary/aromatic N) is 4. The molecule has 104 valence electrons. The molecule has 2 fully saturated rings. The molecule has 0 N–H and O–H groups in total. The lowest BCUT2D eigenvalue weighted by Gasteiger charge is -2.49. The minimum absolute atomic E-state index is 0.663. The van der Waals surface area contributed by atoms with Crippen LogP contribution in [0, 0.1) is 6.92 Å². The summed E-state index contributed by atoms with van der Waals surface area (Å²) in [6, 6.07) is 1.39. The molecule has 19 heavy (non-hydrogen) atoms. The van der Waals surface area contributed by atoms with E-state index in [0.29, 0.717) is 11.1 Å². The number of aryl methyl sites for hydroxylation is 1. The Labute approximate surface area is 119 Å². The van der Waals surface area contributed by atoms with Gasteiger partial charge in [-0.25, -0.2) is 9.97 Å². The number of halogens is 1. The van der Waals surface area contributed by atoms with Crippen LogP contribution in [0.4, 0.5) is 5.82 Å². The molecule has 3 rings (SSSR count). The van der Waals surface area contributed by atoms with Crippen molar-refractivity contribution in [1.29, 1.82) is 0 Å². The standard InChI is InChI=1S/C14H21ClN4/c1-10-5-3-4-6-19(10)12-8-18(9-12)14-13(15)7-16-11(2)17-14/h7,10,12H,3-6,8-9H2,1-2H3. The Balaban J connectivity index is 1.64. The normalized spacial score (nSPS) is 25.4. The van der Waals surface area contributed by atoms with Crippen LogP contribution in [0.3, 0.4) is 0 Å². The van der Waals surface area contributed by atoms with E-state index in [1.165, 1.54) is 25.8 Å². The summed E-state index contributed by atoms with van der Waals surface area (Å²) in [5, 5.41) is 0.663. The van der Waals surface area contributed by atoms with Crippen LogP contribution in [-0.2, 0) is 0 Å². The average molecular weight is 281 g/mol. The van der Waals surface area contributed by atoms with Crippen LogP contribution in [0.1, 0.15) is 32.0 Å². The van der Waals surface area contributed by atoms with Gasteiger partial charge in [-0.3, -0.25) is 4.90 Å². The number of likely N-dealkylation sites (tertiary alicyclic amines) is 1. The van der Waals surface area contributed by atoms with Gasteiger partial charge >= 0.3 is 0 Å². The van der Waals surface area contributed by atoms with Crippen LogP contribution in [-0.4, -0.2) is 46.6 Å². The molecule has 0 spiro atoms. The van der Waals surface area contributed by atoms with Crippen molar-refractivity contribution in [2.24, 2.45) is 0 Å². The fraction of sp³-hybridized carbons (Fsp3) is 0.714. The zero-order valence-corrected chi connectivity index (χ0v) is 12.4. The molecule has 0 radical (unpaired) electrons. The summed E-state index contributed by atoms with van der Waals surface area (Å²) in [6.45, 7) is 7.59. The second-order valence-corrected chi connectivity index (χ2v) is 6.14. The van der Waals surface area contributed by atoms with E-state index in [1.54, 1.807) is 6.20 Å². The van der Waals surface area contributed by atoms with Crippen LogP contribution in [0.15, 0.2) is 6.20 Å². The van der Waals surface area contributed by atoms with E-state index in [0.717, 1.165) is 30.8 Å². The van der Waals surface area contributed by atoms with Crippen LogP contribution in [0.25, 0.3) is 0 Å². The van der Waals surface area contributed by atoms with Gasteiger partial charge in [0.15, 0.2) is 5.82 Å². The SMILES string of the molecule is Cc1ncc(Cl)c(N2CC(N3CCCCC3C)C2)n1. The zero-order chi connectivity index (χ0) is 13.4. The number of rotatable bonds is 2. The lowest BCUT2D eigenvalue weighted by Crippen LogP contribution is -2.62. The first-order valence-electron chi connectivity index (χ1n) is 7.15. The molecular weight excluding hydrogens is 260 g/mol. The first kappa shape index (κ1) is 13.1. The van der Waals surface area contributed by atoms with Gasteiger partial charge in [0.25, 0.3) is 0 Å². The molecule has 5 heteroatoms. The van der Waals surface area contributed by atoms with E-state index in [2.05, 4.69) is 26.7 Å². The molecule has 1 unspecified atom stereocenters. The van der Waals surface area contributed by atoms with Crippen LogP contribution in [0.2, 0.25) is 5.02 Å². The highest BCUT2D eigenvalue weighted by atomic mass is 35.5. The lowest BCUT2D eigenvalue weighted by molar-refractivity contribution is 0.0872. The summed E-state index contributed by atoms with van der Waals surface area (Å²) in [5.41, 5.74) is 0. The fourth-order valence-corrected chi connectivity index (χ4v) is 3.38. The van der Waals surface area contributed by atoms with E-state index >= 15 is 0 Å². The molecule has 0 bridgehead atoms. The van der Waals surface area contributed by atoms with Gasteiger partial charge in [-0.15, -0.1) is 0 Å². The van der Waals surface area contributed by atoms with Crippen LogP contribution >= 0.6 is 11.6 Å². The first-order chi connectivity index (χ1) is 9.15. The second-order valence-electron chi connectivity index (χ2n) is 5.73. The highest BCUT2D eigenvalue weighted by Gasteiger charge is 2.36. The Bertz CT molecular complexity index is 459. The zero-order valence-electron chi connectivity index (χ0n) is 11.6. The van der Waals surface area contributed by atoms with Gasteiger partial charge in [-0.1, -0.05) is 18.0 Å². The molecule has 0 aliphatic carbocycles. The van der Waals surface area contributed by atoms with Gasteiger partial charge in [0.05, 0.1) is 6.20 Å². The van der Waals surface area contributed by atoms with Crippen LogP contribution < -0.4 is 4.90 Å². The van der Waals surface area contributed by atoms with Crippen molar-refractivity contribution < 1.29 is 0 Å². The third kappa shape index (κ3) is 2.56.